The Bertz CT molecular complexity index is 764. The third-order valence-corrected chi connectivity index (χ3v) is 3.67. The minimum Gasteiger partial charge on any atom is -0.481 e. The molecular formula is C18H18N2O4. The van der Waals surface area contributed by atoms with Crippen molar-refractivity contribution in [1.29, 1.82) is 0 Å². The molecule has 1 atom stereocenters. The number of hydrogen-bond donors (Lipinski definition) is 3. The number of aromatic amines is 1. The topological polar surface area (TPSA) is 103 Å². The van der Waals surface area contributed by atoms with Crippen molar-refractivity contribution in [3.05, 3.63) is 66.4 Å². The van der Waals surface area contributed by atoms with Crippen molar-refractivity contribution in [2.24, 2.45) is 5.41 Å². The first kappa shape index (κ1) is 17.2. The first-order chi connectivity index (χ1) is 11.4. The molecular weight excluding hydrogens is 308 g/mol. The van der Waals surface area contributed by atoms with Crippen LogP contribution in [-0.4, -0.2) is 32.3 Å². The van der Waals surface area contributed by atoms with Crippen LogP contribution in [0, 0.1) is 5.41 Å². The minimum atomic E-state index is -1.08. The molecule has 1 unspecified atom stereocenters. The van der Waals surface area contributed by atoms with Crippen LogP contribution in [0.1, 0.15) is 13.3 Å². The number of carbonyl (C=O) groups is 2. The largest absolute Gasteiger partial charge is 0.481 e. The molecule has 1 aliphatic rings. The number of nitrogens with one attached hydrogen (secondary N) is 1. The molecule has 1 aromatic carbocycles. The Balaban J connectivity index is 0.000000175. The van der Waals surface area contributed by atoms with Gasteiger partial charge in [0.1, 0.15) is 0 Å². The third kappa shape index (κ3) is 4.19. The van der Waals surface area contributed by atoms with E-state index in [4.69, 9.17) is 10.2 Å². The molecule has 6 heteroatoms. The smallest absolute Gasteiger partial charge is 0.331 e. The number of carboxylic acid groups (broad SMARTS) is 2. The molecule has 3 N–H and O–H groups in total. The van der Waals surface area contributed by atoms with Gasteiger partial charge in [0.2, 0.25) is 0 Å². The van der Waals surface area contributed by atoms with Gasteiger partial charge in [0, 0.05) is 11.8 Å². The van der Waals surface area contributed by atoms with Gasteiger partial charge in [-0.15, -0.1) is 0 Å². The van der Waals surface area contributed by atoms with Crippen molar-refractivity contribution in [2.45, 2.75) is 13.3 Å². The summed E-state index contributed by atoms with van der Waals surface area (Å²) in [4.78, 5) is 21.3. The summed E-state index contributed by atoms with van der Waals surface area (Å²) in [5.74, 6) is -2.06. The second-order valence-electron chi connectivity index (χ2n) is 5.59. The number of carboxylic acids is 2. The fraction of sp³-hybridized carbons (Fsp3) is 0.167. The van der Waals surface area contributed by atoms with E-state index >= 15 is 0 Å². The normalized spacial score (nSPS) is 19.0. The molecule has 0 fully saturated rings. The maximum atomic E-state index is 10.8. The van der Waals surface area contributed by atoms with E-state index in [1.54, 1.807) is 6.20 Å². The summed E-state index contributed by atoms with van der Waals surface area (Å²) in [5.41, 5.74) is 1.28. The molecule has 124 valence electrons. The lowest BCUT2D eigenvalue weighted by atomic mass is 9.80. The molecule has 0 aliphatic heterocycles. The molecule has 3 rings (SSSR count). The molecule has 0 saturated carbocycles. The Morgan fingerprint density at radius 2 is 1.88 bits per heavy atom. The van der Waals surface area contributed by atoms with Gasteiger partial charge in [0.15, 0.2) is 0 Å². The van der Waals surface area contributed by atoms with Crippen LogP contribution >= 0.6 is 0 Å². The molecule has 0 radical (unpaired) electrons. The molecule has 2 aromatic rings. The Morgan fingerprint density at radius 3 is 2.42 bits per heavy atom. The predicted octanol–water partition coefficient (Wildman–Crippen LogP) is 3.12. The van der Waals surface area contributed by atoms with Gasteiger partial charge in [-0.1, -0.05) is 48.6 Å². The zero-order valence-electron chi connectivity index (χ0n) is 13.1. The highest BCUT2D eigenvalue weighted by molar-refractivity contribution is 5.90. The Labute approximate surface area is 139 Å². The van der Waals surface area contributed by atoms with Crippen molar-refractivity contribution < 1.29 is 19.8 Å². The van der Waals surface area contributed by atoms with Crippen molar-refractivity contribution in [2.75, 3.05) is 0 Å². The molecule has 24 heavy (non-hydrogen) atoms. The van der Waals surface area contributed by atoms with Crippen LogP contribution in [-0.2, 0) is 9.59 Å². The quantitative estimate of drug-likeness (QED) is 0.804. The molecule has 1 aromatic heterocycles. The molecule has 1 aliphatic carbocycles. The lowest BCUT2D eigenvalue weighted by Gasteiger charge is -2.23. The lowest BCUT2D eigenvalue weighted by Crippen LogP contribution is -2.28. The number of hydrogen-bond acceptors (Lipinski definition) is 3. The number of nitrogens with zero attached hydrogens (tertiary/aromatic N) is 1. The molecule has 0 bridgehead atoms. The van der Waals surface area contributed by atoms with Gasteiger partial charge >= 0.3 is 11.9 Å². The monoisotopic (exact) mass is 326 g/mol. The van der Waals surface area contributed by atoms with E-state index in [1.807, 2.05) is 36.4 Å². The van der Waals surface area contributed by atoms with Crippen LogP contribution in [0.3, 0.4) is 0 Å². The van der Waals surface area contributed by atoms with Gasteiger partial charge in [-0.3, -0.25) is 9.89 Å². The molecule has 0 amide bonds. The van der Waals surface area contributed by atoms with Gasteiger partial charge in [-0.2, -0.15) is 5.10 Å². The van der Waals surface area contributed by atoms with Gasteiger partial charge in [-0.25, -0.2) is 4.79 Å². The fourth-order valence-corrected chi connectivity index (χ4v) is 2.22. The summed E-state index contributed by atoms with van der Waals surface area (Å²) < 4.78 is 0. The lowest BCUT2D eigenvalue weighted by molar-refractivity contribution is -0.145. The minimum absolute atomic E-state index is 0.0359. The summed E-state index contributed by atoms with van der Waals surface area (Å²) in [6.07, 6.45) is 6.19. The van der Waals surface area contributed by atoms with Gasteiger partial charge < -0.3 is 10.2 Å². The predicted molar refractivity (Wildman–Crippen MR) is 89.2 cm³/mol. The molecule has 0 spiro atoms. The fourth-order valence-electron chi connectivity index (χ4n) is 2.22. The van der Waals surface area contributed by atoms with Gasteiger partial charge in [0.05, 0.1) is 11.1 Å². The van der Waals surface area contributed by atoms with Crippen LogP contribution < -0.4 is 0 Å². The maximum Gasteiger partial charge on any atom is 0.331 e. The summed E-state index contributed by atoms with van der Waals surface area (Å²) >= 11 is 0. The summed E-state index contributed by atoms with van der Waals surface area (Å²) in [6, 6.07) is 12.1. The van der Waals surface area contributed by atoms with Crippen molar-refractivity contribution in [1.82, 2.24) is 10.2 Å². The molecule has 1 heterocycles. The van der Waals surface area contributed by atoms with E-state index in [-0.39, 0.29) is 12.0 Å². The van der Waals surface area contributed by atoms with Crippen LogP contribution in [0.4, 0.5) is 0 Å². The SMILES string of the molecule is CC1(C(=O)O)C=CC=C(C(=O)O)C1.c1ccc(-c2ccn[nH]2)cc1. The van der Waals surface area contributed by atoms with E-state index in [9.17, 15) is 9.59 Å². The Kier molecular flexibility index (Phi) is 5.31. The summed E-state index contributed by atoms with van der Waals surface area (Å²) in [5, 5.41) is 24.3. The summed E-state index contributed by atoms with van der Waals surface area (Å²) in [6.45, 7) is 1.50. The van der Waals surface area contributed by atoms with Gasteiger partial charge in [0.25, 0.3) is 0 Å². The first-order valence-electron chi connectivity index (χ1n) is 7.32. The van der Waals surface area contributed by atoms with E-state index < -0.39 is 17.4 Å². The second-order valence-corrected chi connectivity index (χ2v) is 5.59. The van der Waals surface area contributed by atoms with Crippen molar-refractivity contribution in [3.63, 3.8) is 0 Å². The average molecular weight is 326 g/mol. The maximum absolute atomic E-state index is 10.8. The Hall–Kier alpha value is -3.15. The van der Waals surface area contributed by atoms with Crippen molar-refractivity contribution >= 4 is 11.9 Å². The number of rotatable bonds is 3. The number of allylic oxidation sites excluding steroid dienone is 2. The second kappa shape index (κ2) is 7.41. The highest BCUT2D eigenvalue weighted by Crippen LogP contribution is 2.31. The van der Waals surface area contributed by atoms with Crippen molar-refractivity contribution in [3.8, 4) is 11.3 Å². The number of H-pyrrole nitrogens is 1. The standard InChI is InChI=1S/C9H8N2.C9H10O4/c1-2-4-8(5-3-1)9-6-7-10-11-9;1-9(8(12)13)4-2-3-6(5-9)7(10)11/h1-7H,(H,10,11);2-4H,5H2,1H3,(H,10,11)(H,12,13). The number of benzene rings is 1. The van der Waals surface area contributed by atoms with E-state index in [0.29, 0.717) is 0 Å². The van der Waals surface area contributed by atoms with Gasteiger partial charge in [-0.05, 0) is 25.0 Å². The Morgan fingerprint density at radius 1 is 1.17 bits per heavy atom. The highest BCUT2D eigenvalue weighted by Gasteiger charge is 2.34. The van der Waals surface area contributed by atoms with Crippen LogP contribution in [0.5, 0.6) is 0 Å². The average Bonchev–Trinajstić information content (AvgIpc) is 3.11. The molecule has 0 saturated heterocycles. The van der Waals surface area contributed by atoms with E-state index in [1.165, 1.54) is 30.7 Å². The zero-order valence-corrected chi connectivity index (χ0v) is 13.1. The van der Waals surface area contributed by atoms with Crippen LogP contribution in [0.25, 0.3) is 11.3 Å². The summed E-state index contributed by atoms with van der Waals surface area (Å²) in [7, 11) is 0. The van der Waals surface area contributed by atoms with E-state index in [0.717, 1.165) is 5.69 Å². The zero-order chi connectivity index (χ0) is 17.6. The molecule has 6 nitrogen and oxygen atoms in total. The number of aliphatic carboxylic acids is 2. The third-order valence-electron chi connectivity index (χ3n) is 3.67. The van der Waals surface area contributed by atoms with Crippen LogP contribution in [0.15, 0.2) is 66.4 Å². The number of aromatic nitrogens is 2. The highest BCUT2D eigenvalue weighted by atomic mass is 16.4. The van der Waals surface area contributed by atoms with E-state index in [2.05, 4.69) is 10.2 Å². The first-order valence-corrected chi connectivity index (χ1v) is 7.32. The van der Waals surface area contributed by atoms with Crippen LogP contribution in [0.2, 0.25) is 0 Å².